The maximum absolute atomic E-state index is 13.2. The molecule has 1 aromatic rings. The van der Waals surface area contributed by atoms with E-state index < -0.39 is 23.3 Å². The van der Waals surface area contributed by atoms with Gasteiger partial charge in [0.25, 0.3) is 11.7 Å². The van der Waals surface area contributed by atoms with Crippen LogP contribution in [0.4, 0.5) is 14.5 Å². The van der Waals surface area contributed by atoms with Gasteiger partial charge in [0.1, 0.15) is 0 Å². The maximum Gasteiger partial charge on any atom is 0.299 e. The zero-order valence-electron chi connectivity index (χ0n) is 10.4. The molecule has 6 heteroatoms. The summed E-state index contributed by atoms with van der Waals surface area (Å²) in [6, 6.07) is 1.45. The van der Waals surface area contributed by atoms with Crippen molar-refractivity contribution >= 4 is 23.2 Å². The van der Waals surface area contributed by atoms with Gasteiger partial charge >= 0.3 is 0 Å². The van der Waals surface area contributed by atoms with Gasteiger partial charge in [-0.25, -0.2) is 8.78 Å². The Labute approximate surface area is 108 Å². The molecular formula is C13H11F2NO3. The largest absolute Gasteiger partial charge is 0.299 e. The summed E-state index contributed by atoms with van der Waals surface area (Å²) in [6.07, 6.45) is 0. The molecule has 0 N–H and O–H groups in total. The zero-order valence-corrected chi connectivity index (χ0v) is 10.4. The Bertz CT molecular complexity index is 596. The molecule has 4 nitrogen and oxygen atoms in total. The third-order valence-electron chi connectivity index (χ3n) is 2.97. The van der Waals surface area contributed by atoms with Gasteiger partial charge in [-0.15, -0.1) is 0 Å². The Morgan fingerprint density at radius 3 is 2.37 bits per heavy atom. The van der Waals surface area contributed by atoms with E-state index in [0.29, 0.717) is 6.07 Å². The van der Waals surface area contributed by atoms with Crippen LogP contribution < -0.4 is 4.90 Å². The molecule has 0 saturated carbocycles. The van der Waals surface area contributed by atoms with Crippen molar-refractivity contribution in [2.24, 2.45) is 5.92 Å². The SMILES string of the molecule is CC(C)C(=O)CN1C(=O)C(=O)c2cc(F)c(F)cc21. The molecule has 1 heterocycles. The van der Waals surface area contributed by atoms with Crippen molar-refractivity contribution in [1.82, 2.24) is 0 Å². The van der Waals surface area contributed by atoms with Gasteiger partial charge in [0.15, 0.2) is 17.4 Å². The molecular weight excluding hydrogens is 256 g/mol. The minimum Gasteiger partial charge on any atom is -0.297 e. The molecule has 1 amide bonds. The number of rotatable bonds is 3. The Morgan fingerprint density at radius 2 is 1.79 bits per heavy atom. The van der Waals surface area contributed by atoms with Crippen LogP contribution in [-0.4, -0.2) is 24.0 Å². The Kier molecular flexibility index (Phi) is 3.18. The van der Waals surface area contributed by atoms with Crippen LogP contribution in [0.25, 0.3) is 0 Å². The third kappa shape index (κ3) is 2.14. The van der Waals surface area contributed by atoms with Crippen molar-refractivity contribution in [3.05, 3.63) is 29.3 Å². The van der Waals surface area contributed by atoms with Crippen LogP contribution >= 0.6 is 0 Å². The van der Waals surface area contributed by atoms with Crippen molar-refractivity contribution in [1.29, 1.82) is 0 Å². The first kappa shape index (κ1) is 13.3. The summed E-state index contributed by atoms with van der Waals surface area (Å²) in [5.41, 5.74) is -0.261. The molecule has 0 fully saturated rings. The van der Waals surface area contributed by atoms with Crippen LogP contribution in [0.2, 0.25) is 0 Å². The number of anilines is 1. The lowest BCUT2D eigenvalue weighted by molar-refractivity contribution is -0.122. The first-order valence-corrected chi connectivity index (χ1v) is 5.71. The fraction of sp³-hybridized carbons (Fsp3) is 0.308. The molecule has 19 heavy (non-hydrogen) atoms. The maximum atomic E-state index is 13.2. The average molecular weight is 267 g/mol. The summed E-state index contributed by atoms with van der Waals surface area (Å²) >= 11 is 0. The number of hydrogen-bond donors (Lipinski definition) is 0. The third-order valence-corrected chi connectivity index (χ3v) is 2.97. The van der Waals surface area contributed by atoms with Crippen LogP contribution in [0.1, 0.15) is 24.2 Å². The molecule has 0 saturated heterocycles. The highest BCUT2D eigenvalue weighted by Gasteiger charge is 2.38. The molecule has 0 spiro atoms. The first-order chi connectivity index (χ1) is 8.82. The quantitative estimate of drug-likeness (QED) is 0.783. The van der Waals surface area contributed by atoms with E-state index >= 15 is 0 Å². The average Bonchev–Trinajstić information content (AvgIpc) is 2.56. The number of halogens is 2. The van der Waals surface area contributed by atoms with E-state index in [1.165, 1.54) is 0 Å². The van der Waals surface area contributed by atoms with E-state index in [2.05, 4.69) is 0 Å². The highest BCUT2D eigenvalue weighted by Crippen LogP contribution is 2.31. The van der Waals surface area contributed by atoms with Crippen molar-refractivity contribution in [2.75, 3.05) is 11.4 Å². The summed E-state index contributed by atoms with van der Waals surface area (Å²) in [5.74, 6) is -4.81. The van der Waals surface area contributed by atoms with Gasteiger partial charge in [-0.05, 0) is 6.07 Å². The number of carbonyl (C=O) groups excluding carboxylic acids is 3. The number of Topliss-reactive ketones (excluding diaryl/α,β-unsaturated/α-hetero) is 2. The van der Waals surface area contributed by atoms with Gasteiger partial charge in [0.05, 0.1) is 17.8 Å². The highest BCUT2D eigenvalue weighted by molar-refractivity contribution is 6.52. The highest BCUT2D eigenvalue weighted by atomic mass is 19.2. The van der Waals surface area contributed by atoms with E-state index in [1.54, 1.807) is 13.8 Å². The number of fused-ring (bicyclic) bond motifs is 1. The van der Waals surface area contributed by atoms with Crippen molar-refractivity contribution in [2.45, 2.75) is 13.8 Å². The number of amides is 1. The van der Waals surface area contributed by atoms with Crippen molar-refractivity contribution in [3.8, 4) is 0 Å². The molecule has 0 radical (unpaired) electrons. The monoisotopic (exact) mass is 267 g/mol. The second-order valence-corrected chi connectivity index (χ2v) is 4.62. The lowest BCUT2D eigenvalue weighted by atomic mass is 10.1. The topological polar surface area (TPSA) is 54.5 Å². The Balaban J connectivity index is 2.44. The van der Waals surface area contributed by atoms with Crippen molar-refractivity contribution in [3.63, 3.8) is 0 Å². The number of carbonyl (C=O) groups is 3. The minimum absolute atomic E-state index is 0.0529. The summed E-state index contributed by atoms with van der Waals surface area (Å²) < 4.78 is 26.3. The molecule has 2 rings (SSSR count). The van der Waals surface area contributed by atoms with E-state index in [1.807, 2.05) is 0 Å². The Hall–Kier alpha value is -2.11. The second-order valence-electron chi connectivity index (χ2n) is 4.62. The number of ketones is 2. The normalized spacial score (nSPS) is 14.3. The summed E-state index contributed by atoms with van der Waals surface area (Å²) in [5, 5.41) is 0. The molecule has 0 bridgehead atoms. The zero-order chi connectivity index (χ0) is 14.3. The van der Waals surface area contributed by atoms with Crippen LogP contribution in [0.15, 0.2) is 12.1 Å². The minimum atomic E-state index is -1.20. The van der Waals surface area contributed by atoms with Gasteiger partial charge < -0.3 is 0 Å². The molecule has 100 valence electrons. The van der Waals surface area contributed by atoms with Crippen LogP contribution in [0, 0.1) is 17.6 Å². The standard InChI is InChI=1S/C13H11F2NO3/c1-6(2)11(17)5-16-10-4-9(15)8(14)3-7(10)12(18)13(16)19/h3-4,6H,5H2,1-2H3. The van der Waals surface area contributed by atoms with E-state index in [9.17, 15) is 23.2 Å². The number of benzene rings is 1. The van der Waals surface area contributed by atoms with Gasteiger partial charge in [0, 0.05) is 12.0 Å². The molecule has 0 atom stereocenters. The molecule has 1 aliphatic heterocycles. The van der Waals surface area contributed by atoms with Gasteiger partial charge in [-0.2, -0.15) is 0 Å². The summed E-state index contributed by atoms with van der Waals surface area (Å²) in [6.45, 7) is 2.98. The van der Waals surface area contributed by atoms with Crippen LogP contribution in [-0.2, 0) is 9.59 Å². The van der Waals surface area contributed by atoms with Crippen LogP contribution in [0.5, 0.6) is 0 Å². The van der Waals surface area contributed by atoms with Crippen molar-refractivity contribution < 1.29 is 23.2 Å². The lowest BCUT2D eigenvalue weighted by Crippen LogP contribution is -2.36. The molecule has 0 aromatic heterocycles. The van der Waals surface area contributed by atoms with Gasteiger partial charge in [-0.1, -0.05) is 13.8 Å². The summed E-state index contributed by atoms with van der Waals surface area (Å²) in [7, 11) is 0. The van der Waals surface area contributed by atoms with Crippen LogP contribution in [0.3, 0.4) is 0 Å². The fourth-order valence-corrected chi connectivity index (χ4v) is 1.78. The van der Waals surface area contributed by atoms with E-state index in [0.717, 1.165) is 11.0 Å². The molecule has 0 aliphatic carbocycles. The Morgan fingerprint density at radius 1 is 1.21 bits per heavy atom. The number of hydrogen-bond acceptors (Lipinski definition) is 3. The predicted molar refractivity (Wildman–Crippen MR) is 62.9 cm³/mol. The molecule has 0 unspecified atom stereocenters. The second kappa shape index (κ2) is 4.53. The van der Waals surface area contributed by atoms with Gasteiger partial charge in [-0.3, -0.25) is 19.3 Å². The number of nitrogens with zero attached hydrogens (tertiary/aromatic N) is 1. The van der Waals surface area contributed by atoms with Gasteiger partial charge in [0.2, 0.25) is 0 Å². The summed E-state index contributed by atoms with van der Waals surface area (Å²) in [4.78, 5) is 35.9. The molecule has 1 aromatic carbocycles. The first-order valence-electron chi connectivity index (χ1n) is 5.71. The fourth-order valence-electron chi connectivity index (χ4n) is 1.78. The lowest BCUT2D eigenvalue weighted by Gasteiger charge is -2.16. The van der Waals surface area contributed by atoms with E-state index in [4.69, 9.17) is 0 Å². The predicted octanol–water partition coefficient (Wildman–Crippen LogP) is 1.72. The van der Waals surface area contributed by atoms with E-state index in [-0.39, 0.29) is 29.5 Å². The smallest absolute Gasteiger partial charge is 0.297 e. The molecule has 1 aliphatic rings.